The predicted molar refractivity (Wildman–Crippen MR) is 73.8 cm³/mol. The van der Waals surface area contributed by atoms with Gasteiger partial charge in [-0.15, -0.1) is 6.42 Å². The van der Waals surface area contributed by atoms with Gasteiger partial charge in [0.2, 0.25) is 0 Å². The molecule has 0 unspecified atom stereocenters. The van der Waals surface area contributed by atoms with Crippen molar-refractivity contribution >= 4 is 5.91 Å². The molecule has 0 aromatic heterocycles. The molecule has 1 fully saturated rings. The minimum Gasteiger partial charge on any atom is -0.484 e. The van der Waals surface area contributed by atoms with Crippen molar-refractivity contribution < 1.29 is 9.53 Å². The van der Waals surface area contributed by atoms with Crippen LogP contribution in [0, 0.1) is 12.3 Å². The Kier molecular flexibility index (Phi) is 4.82. The third-order valence-electron chi connectivity index (χ3n) is 3.15. The second kappa shape index (κ2) is 6.81. The molecule has 1 aliphatic rings. The average molecular weight is 258 g/mol. The van der Waals surface area contributed by atoms with Gasteiger partial charge in [-0.25, -0.2) is 0 Å². The van der Waals surface area contributed by atoms with Crippen LogP contribution in [0.2, 0.25) is 0 Å². The third kappa shape index (κ3) is 4.01. The van der Waals surface area contributed by atoms with Crippen molar-refractivity contribution in [1.82, 2.24) is 9.80 Å². The maximum absolute atomic E-state index is 12.0. The van der Waals surface area contributed by atoms with Crippen LogP contribution in [0.3, 0.4) is 0 Å². The first-order valence-corrected chi connectivity index (χ1v) is 6.41. The SMILES string of the molecule is C#CCN1CCN(C(=O)COc2ccccc2)CC1. The molecule has 19 heavy (non-hydrogen) atoms. The molecule has 4 heteroatoms. The Labute approximate surface area is 114 Å². The zero-order valence-corrected chi connectivity index (χ0v) is 10.9. The molecule has 1 aliphatic heterocycles. The Morgan fingerprint density at radius 3 is 2.53 bits per heavy atom. The van der Waals surface area contributed by atoms with Crippen LogP contribution in [-0.2, 0) is 4.79 Å². The quantitative estimate of drug-likeness (QED) is 0.750. The van der Waals surface area contributed by atoms with E-state index in [0.717, 1.165) is 31.9 Å². The number of rotatable bonds is 4. The molecule has 1 aromatic carbocycles. The minimum absolute atomic E-state index is 0.0317. The highest BCUT2D eigenvalue weighted by Crippen LogP contribution is 2.09. The molecule has 1 amide bonds. The van der Waals surface area contributed by atoms with Gasteiger partial charge in [0.15, 0.2) is 6.61 Å². The largest absolute Gasteiger partial charge is 0.484 e. The first-order valence-electron chi connectivity index (χ1n) is 6.41. The summed E-state index contributed by atoms with van der Waals surface area (Å²) in [5.74, 6) is 3.38. The van der Waals surface area contributed by atoms with Crippen LogP contribution in [-0.4, -0.2) is 55.0 Å². The van der Waals surface area contributed by atoms with Gasteiger partial charge in [0.1, 0.15) is 5.75 Å². The van der Waals surface area contributed by atoms with Crippen LogP contribution in [0.15, 0.2) is 30.3 Å². The molecular formula is C15H18N2O2. The molecule has 2 rings (SSSR count). The van der Waals surface area contributed by atoms with E-state index in [1.54, 1.807) is 0 Å². The molecule has 1 saturated heterocycles. The van der Waals surface area contributed by atoms with Crippen LogP contribution in [0.4, 0.5) is 0 Å². The van der Waals surface area contributed by atoms with E-state index < -0.39 is 0 Å². The molecule has 1 aromatic rings. The number of piperazine rings is 1. The summed E-state index contributed by atoms with van der Waals surface area (Å²) >= 11 is 0. The van der Waals surface area contributed by atoms with Gasteiger partial charge in [0.25, 0.3) is 5.91 Å². The lowest BCUT2D eigenvalue weighted by molar-refractivity contribution is -0.135. The molecule has 1 heterocycles. The number of amides is 1. The molecule has 0 atom stereocenters. The van der Waals surface area contributed by atoms with E-state index in [1.807, 2.05) is 35.2 Å². The van der Waals surface area contributed by atoms with Crippen molar-refractivity contribution in [3.8, 4) is 18.1 Å². The summed E-state index contributed by atoms with van der Waals surface area (Å²) in [7, 11) is 0. The minimum atomic E-state index is 0.0317. The van der Waals surface area contributed by atoms with E-state index in [0.29, 0.717) is 6.54 Å². The Hall–Kier alpha value is -1.99. The predicted octanol–water partition coefficient (Wildman–Crippen LogP) is 0.843. The number of ether oxygens (including phenoxy) is 1. The first-order chi connectivity index (χ1) is 9.29. The second-order valence-corrected chi connectivity index (χ2v) is 4.46. The number of terminal acetylenes is 1. The van der Waals surface area contributed by atoms with Gasteiger partial charge < -0.3 is 9.64 Å². The Bertz CT molecular complexity index is 445. The van der Waals surface area contributed by atoms with Crippen molar-refractivity contribution in [2.45, 2.75) is 0 Å². The van der Waals surface area contributed by atoms with Crippen LogP contribution < -0.4 is 4.74 Å². The van der Waals surface area contributed by atoms with Gasteiger partial charge in [-0.3, -0.25) is 9.69 Å². The normalized spacial score (nSPS) is 15.8. The summed E-state index contributed by atoms with van der Waals surface area (Å²) in [4.78, 5) is 16.0. The first kappa shape index (κ1) is 13.4. The highest BCUT2D eigenvalue weighted by atomic mass is 16.5. The Balaban J connectivity index is 1.74. The number of carbonyl (C=O) groups excluding carboxylic acids is 1. The maximum Gasteiger partial charge on any atom is 0.260 e. The molecule has 100 valence electrons. The van der Waals surface area contributed by atoms with Gasteiger partial charge in [-0.05, 0) is 12.1 Å². The molecule has 0 N–H and O–H groups in total. The molecule has 0 saturated carbocycles. The molecule has 0 spiro atoms. The smallest absolute Gasteiger partial charge is 0.260 e. The lowest BCUT2D eigenvalue weighted by atomic mass is 10.3. The number of hydrogen-bond acceptors (Lipinski definition) is 3. The van der Waals surface area contributed by atoms with Crippen molar-refractivity contribution in [1.29, 1.82) is 0 Å². The van der Waals surface area contributed by atoms with E-state index in [1.165, 1.54) is 0 Å². The van der Waals surface area contributed by atoms with E-state index in [4.69, 9.17) is 11.2 Å². The summed E-state index contributed by atoms with van der Waals surface area (Å²) in [5, 5.41) is 0. The molecule has 0 radical (unpaired) electrons. The fourth-order valence-corrected chi connectivity index (χ4v) is 2.04. The molecule has 0 bridgehead atoms. The van der Waals surface area contributed by atoms with Crippen molar-refractivity contribution in [2.24, 2.45) is 0 Å². The lowest BCUT2D eigenvalue weighted by Crippen LogP contribution is -2.49. The number of benzene rings is 1. The Morgan fingerprint density at radius 2 is 1.89 bits per heavy atom. The summed E-state index contributed by atoms with van der Waals surface area (Å²) in [6, 6.07) is 9.38. The molecular weight excluding hydrogens is 240 g/mol. The van der Waals surface area contributed by atoms with Gasteiger partial charge >= 0.3 is 0 Å². The van der Waals surface area contributed by atoms with Crippen LogP contribution in [0.1, 0.15) is 0 Å². The van der Waals surface area contributed by atoms with Crippen molar-refractivity contribution in [3.05, 3.63) is 30.3 Å². The number of nitrogens with zero attached hydrogens (tertiary/aromatic N) is 2. The highest BCUT2D eigenvalue weighted by molar-refractivity contribution is 5.77. The number of hydrogen-bond donors (Lipinski definition) is 0. The van der Waals surface area contributed by atoms with E-state index >= 15 is 0 Å². The maximum atomic E-state index is 12.0. The Morgan fingerprint density at radius 1 is 1.21 bits per heavy atom. The number of carbonyl (C=O) groups is 1. The average Bonchev–Trinajstić information content (AvgIpc) is 2.47. The monoisotopic (exact) mass is 258 g/mol. The standard InChI is InChI=1S/C15H18N2O2/c1-2-8-16-9-11-17(12-10-16)15(18)13-19-14-6-4-3-5-7-14/h1,3-7H,8-13H2. The summed E-state index contributed by atoms with van der Waals surface area (Å²) in [5.41, 5.74) is 0. The summed E-state index contributed by atoms with van der Waals surface area (Å²) in [6.07, 6.45) is 5.27. The zero-order valence-electron chi connectivity index (χ0n) is 10.9. The topological polar surface area (TPSA) is 32.8 Å². The van der Waals surface area contributed by atoms with Gasteiger partial charge in [0, 0.05) is 26.2 Å². The van der Waals surface area contributed by atoms with Crippen LogP contribution >= 0.6 is 0 Å². The molecule has 0 aliphatic carbocycles. The van der Waals surface area contributed by atoms with Crippen molar-refractivity contribution in [2.75, 3.05) is 39.3 Å². The summed E-state index contributed by atoms with van der Waals surface area (Å²) < 4.78 is 5.46. The lowest BCUT2D eigenvalue weighted by Gasteiger charge is -2.33. The fraction of sp³-hybridized carbons (Fsp3) is 0.400. The van der Waals surface area contributed by atoms with E-state index in [2.05, 4.69) is 10.8 Å². The van der Waals surface area contributed by atoms with Crippen LogP contribution in [0.25, 0.3) is 0 Å². The summed E-state index contributed by atoms with van der Waals surface area (Å²) in [6.45, 7) is 3.86. The highest BCUT2D eigenvalue weighted by Gasteiger charge is 2.20. The van der Waals surface area contributed by atoms with Gasteiger partial charge in [-0.2, -0.15) is 0 Å². The van der Waals surface area contributed by atoms with E-state index in [-0.39, 0.29) is 12.5 Å². The zero-order chi connectivity index (χ0) is 13.5. The van der Waals surface area contributed by atoms with Gasteiger partial charge in [0.05, 0.1) is 6.54 Å². The third-order valence-corrected chi connectivity index (χ3v) is 3.15. The van der Waals surface area contributed by atoms with Crippen LogP contribution in [0.5, 0.6) is 5.75 Å². The number of para-hydroxylation sites is 1. The van der Waals surface area contributed by atoms with Gasteiger partial charge in [-0.1, -0.05) is 24.1 Å². The van der Waals surface area contributed by atoms with E-state index in [9.17, 15) is 4.79 Å². The fourth-order valence-electron chi connectivity index (χ4n) is 2.04. The molecule has 4 nitrogen and oxygen atoms in total. The second-order valence-electron chi connectivity index (χ2n) is 4.46. The van der Waals surface area contributed by atoms with Crippen molar-refractivity contribution in [3.63, 3.8) is 0 Å².